The Morgan fingerprint density at radius 1 is 1.16 bits per heavy atom. The van der Waals surface area contributed by atoms with Crippen molar-refractivity contribution in [2.24, 2.45) is 0 Å². The summed E-state index contributed by atoms with van der Waals surface area (Å²) in [7, 11) is -4.01. The van der Waals surface area contributed by atoms with Crippen LogP contribution >= 0.6 is 31.9 Å². The Hall–Kier alpha value is -0.990. The number of benzene rings is 1. The summed E-state index contributed by atoms with van der Waals surface area (Å²) in [6.07, 6.45) is 0. The maximum atomic E-state index is 13.6. The first-order valence-electron chi connectivity index (χ1n) is 4.99. The van der Waals surface area contributed by atoms with Crippen LogP contribution in [0.15, 0.2) is 50.4 Å². The smallest absolute Gasteiger partial charge is 0.263 e. The van der Waals surface area contributed by atoms with Crippen molar-refractivity contribution in [3.8, 4) is 0 Å². The standard InChI is InChI=1S/C11H7Br2FN2O2S/c12-7-4-5-9(8(14)6-7)19(17,18)16-11-3-1-2-10(13)15-11/h1-6H,(H,15,16). The monoisotopic (exact) mass is 408 g/mol. The number of halogens is 3. The molecular formula is C11H7Br2FN2O2S. The van der Waals surface area contributed by atoms with Crippen LogP contribution in [0.5, 0.6) is 0 Å². The van der Waals surface area contributed by atoms with Gasteiger partial charge in [-0.25, -0.2) is 17.8 Å². The number of pyridine rings is 1. The van der Waals surface area contributed by atoms with Crippen molar-refractivity contribution in [1.82, 2.24) is 4.98 Å². The topological polar surface area (TPSA) is 59.1 Å². The summed E-state index contributed by atoms with van der Waals surface area (Å²) in [5.74, 6) is -0.728. The predicted octanol–water partition coefficient (Wildman–Crippen LogP) is 3.55. The third-order valence-corrected chi connectivity index (χ3v) is 4.46. The van der Waals surface area contributed by atoms with Crippen LogP contribution in [0.4, 0.5) is 10.2 Å². The quantitative estimate of drug-likeness (QED) is 0.788. The molecule has 0 radical (unpaired) electrons. The minimum atomic E-state index is -4.01. The molecule has 2 aromatic rings. The zero-order valence-corrected chi connectivity index (χ0v) is 13.3. The zero-order chi connectivity index (χ0) is 14.0. The Labute approximate surface area is 126 Å². The van der Waals surface area contributed by atoms with Gasteiger partial charge in [0, 0.05) is 4.47 Å². The molecule has 19 heavy (non-hydrogen) atoms. The molecule has 0 amide bonds. The van der Waals surface area contributed by atoms with E-state index in [-0.39, 0.29) is 5.82 Å². The van der Waals surface area contributed by atoms with Gasteiger partial charge in [0.1, 0.15) is 21.1 Å². The minimum absolute atomic E-state index is 0.108. The van der Waals surface area contributed by atoms with Gasteiger partial charge in [0.25, 0.3) is 10.0 Å². The van der Waals surface area contributed by atoms with Gasteiger partial charge in [-0.3, -0.25) is 4.72 Å². The molecule has 0 atom stereocenters. The molecule has 100 valence electrons. The van der Waals surface area contributed by atoms with Crippen LogP contribution in [0, 0.1) is 5.82 Å². The molecule has 0 fully saturated rings. The predicted molar refractivity (Wildman–Crippen MR) is 76.8 cm³/mol. The van der Waals surface area contributed by atoms with Crippen molar-refractivity contribution in [3.05, 3.63) is 51.3 Å². The first kappa shape index (κ1) is 14.4. The Kier molecular flexibility index (Phi) is 4.22. The maximum Gasteiger partial charge on any atom is 0.265 e. The van der Waals surface area contributed by atoms with Gasteiger partial charge < -0.3 is 0 Å². The molecular weight excluding hydrogens is 403 g/mol. The Bertz CT molecular complexity index is 722. The molecule has 0 saturated carbocycles. The molecule has 1 N–H and O–H groups in total. The van der Waals surface area contributed by atoms with Crippen molar-refractivity contribution in [1.29, 1.82) is 0 Å². The van der Waals surface area contributed by atoms with E-state index in [1.807, 2.05) is 0 Å². The molecule has 1 aromatic carbocycles. The molecule has 0 saturated heterocycles. The lowest BCUT2D eigenvalue weighted by Gasteiger charge is -2.08. The average molecular weight is 410 g/mol. The largest absolute Gasteiger partial charge is 0.265 e. The summed E-state index contributed by atoms with van der Waals surface area (Å²) in [6, 6.07) is 8.46. The summed E-state index contributed by atoms with van der Waals surface area (Å²) < 4.78 is 40.8. The highest BCUT2D eigenvalue weighted by molar-refractivity contribution is 9.10. The van der Waals surface area contributed by atoms with Gasteiger partial charge in [0.15, 0.2) is 0 Å². The van der Waals surface area contributed by atoms with E-state index < -0.39 is 20.7 Å². The fraction of sp³-hybridized carbons (Fsp3) is 0. The van der Waals surface area contributed by atoms with Crippen molar-refractivity contribution in [3.63, 3.8) is 0 Å². The molecule has 0 aliphatic rings. The molecule has 0 spiro atoms. The van der Waals surface area contributed by atoms with E-state index in [4.69, 9.17) is 0 Å². The van der Waals surface area contributed by atoms with Crippen molar-refractivity contribution >= 4 is 47.7 Å². The lowest BCUT2D eigenvalue weighted by atomic mass is 10.3. The molecule has 4 nitrogen and oxygen atoms in total. The molecule has 0 bridgehead atoms. The van der Waals surface area contributed by atoms with Gasteiger partial charge >= 0.3 is 0 Å². The van der Waals surface area contributed by atoms with Gasteiger partial charge in [0.2, 0.25) is 0 Å². The van der Waals surface area contributed by atoms with Crippen LogP contribution in [0.3, 0.4) is 0 Å². The summed E-state index contributed by atoms with van der Waals surface area (Å²) in [5, 5.41) is 0. The van der Waals surface area contributed by atoms with E-state index >= 15 is 0 Å². The normalized spacial score (nSPS) is 11.3. The van der Waals surface area contributed by atoms with Crippen molar-refractivity contribution in [2.75, 3.05) is 4.72 Å². The molecule has 8 heteroatoms. The van der Waals surface area contributed by atoms with Gasteiger partial charge in [-0.05, 0) is 46.3 Å². The summed E-state index contributed by atoms with van der Waals surface area (Å²) in [4.78, 5) is 3.49. The summed E-state index contributed by atoms with van der Waals surface area (Å²) in [6.45, 7) is 0. The molecule has 2 rings (SSSR count). The average Bonchev–Trinajstić information content (AvgIpc) is 2.27. The van der Waals surface area contributed by atoms with Crippen LogP contribution in [0.1, 0.15) is 0 Å². The fourth-order valence-electron chi connectivity index (χ4n) is 1.35. The third kappa shape index (κ3) is 3.52. The van der Waals surface area contributed by atoms with Gasteiger partial charge in [-0.15, -0.1) is 0 Å². The lowest BCUT2D eigenvalue weighted by Crippen LogP contribution is -2.15. The van der Waals surface area contributed by atoms with Crippen LogP contribution < -0.4 is 4.72 Å². The minimum Gasteiger partial charge on any atom is -0.263 e. The van der Waals surface area contributed by atoms with Gasteiger partial charge in [-0.2, -0.15) is 0 Å². The molecule has 1 heterocycles. The Balaban J connectivity index is 2.38. The van der Waals surface area contributed by atoms with Crippen LogP contribution in [-0.4, -0.2) is 13.4 Å². The van der Waals surface area contributed by atoms with E-state index in [2.05, 4.69) is 41.6 Å². The number of hydrogen-bond acceptors (Lipinski definition) is 3. The van der Waals surface area contributed by atoms with Crippen LogP contribution in [-0.2, 0) is 10.0 Å². The SMILES string of the molecule is O=S(=O)(Nc1cccc(Br)n1)c1ccc(Br)cc1F. The van der Waals surface area contributed by atoms with E-state index in [0.717, 1.165) is 6.07 Å². The summed E-state index contributed by atoms with van der Waals surface area (Å²) >= 11 is 6.19. The van der Waals surface area contributed by atoms with Gasteiger partial charge in [-0.1, -0.05) is 22.0 Å². The third-order valence-electron chi connectivity index (χ3n) is 2.14. The number of aromatic nitrogens is 1. The number of nitrogens with one attached hydrogen (secondary N) is 1. The number of rotatable bonds is 3. The maximum absolute atomic E-state index is 13.6. The first-order valence-corrected chi connectivity index (χ1v) is 8.06. The van der Waals surface area contributed by atoms with Crippen molar-refractivity contribution < 1.29 is 12.8 Å². The van der Waals surface area contributed by atoms with E-state index in [9.17, 15) is 12.8 Å². The molecule has 0 aliphatic carbocycles. The highest BCUT2D eigenvalue weighted by atomic mass is 79.9. The second-order valence-corrected chi connectivity index (χ2v) is 6.90. The Morgan fingerprint density at radius 2 is 1.89 bits per heavy atom. The summed E-state index contributed by atoms with van der Waals surface area (Å²) in [5.41, 5.74) is 0. The van der Waals surface area contributed by atoms with Gasteiger partial charge in [0.05, 0.1) is 0 Å². The molecule has 0 unspecified atom stereocenters. The second-order valence-electron chi connectivity index (χ2n) is 3.53. The Morgan fingerprint density at radius 3 is 2.53 bits per heavy atom. The highest BCUT2D eigenvalue weighted by Gasteiger charge is 2.19. The highest BCUT2D eigenvalue weighted by Crippen LogP contribution is 2.21. The molecule has 0 aliphatic heterocycles. The zero-order valence-electron chi connectivity index (χ0n) is 9.27. The van der Waals surface area contributed by atoms with E-state index in [1.165, 1.54) is 18.2 Å². The lowest BCUT2D eigenvalue weighted by molar-refractivity contribution is 0.569. The number of anilines is 1. The number of sulfonamides is 1. The molecule has 1 aromatic heterocycles. The van der Waals surface area contributed by atoms with Crippen LogP contribution in [0.2, 0.25) is 0 Å². The van der Waals surface area contributed by atoms with E-state index in [0.29, 0.717) is 9.08 Å². The number of hydrogen-bond donors (Lipinski definition) is 1. The first-order chi connectivity index (χ1) is 8.88. The van der Waals surface area contributed by atoms with E-state index in [1.54, 1.807) is 12.1 Å². The fourth-order valence-corrected chi connectivity index (χ4v) is 3.09. The van der Waals surface area contributed by atoms with Crippen LogP contribution in [0.25, 0.3) is 0 Å². The van der Waals surface area contributed by atoms with Crippen molar-refractivity contribution in [2.45, 2.75) is 4.90 Å². The second kappa shape index (κ2) is 5.56. The number of nitrogens with zero attached hydrogens (tertiary/aromatic N) is 1.